The van der Waals surface area contributed by atoms with Gasteiger partial charge in [0.05, 0.1) is 17.3 Å². The van der Waals surface area contributed by atoms with Gasteiger partial charge in [-0.2, -0.15) is 5.10 Å². The highest BCUT2D eigenvalue weighted by atomic mass is 32.2. The molecular formula is C12H16N4O3S. The molecule has 0 saturated heterocycles. The fourth-order valence-electron chi connectivity index (χ4n) is 2.05. The first kappa shape index (κ1) is 14.4. The quantitative estimate of drug-likeness (QED) is 0.849. The average molecular weight is 296 g/mol. The number of anilines is 1. The Morgan fingerprint density at radius 3 is 2.85 bits per heavy atom. The zero-order valence-corrected chi connectivity index (χ0v) is 12.3. The highest BCUT2D eigenvalue weighted by Crippen LogP contribution is 2.26. The van der Waals surface area contributed by atoms with Crippen LogP contribution in [-0.4, -0.2) is 48.1 Å². The molecule has 0 aliphatic heterocycles. The molecular weight excluding hydrogens is 280 g/mol. The molecule has 108 valence electrons. The van der Waals surface area contributed by atoms with Gasteiger partial charge in [0, 0.05) is 42.1 Å². The minimum Gasteiger partial charge on any atom is -0.478 e. The molecule has 2 unspecified atom stereocenters. The molecule has 8 heteroatoms. The number of carboxylic acids is 1. The average Bonchev–Trinajstić information content (AvgIpc) is 2.70. The van der Waals surface area contributed by atoms with E-state index in [1.165, 1.54) is 6.20 Å². The van der Waals surface area contributed by atoms with E-state index >= 15 is 0 Å². The molecule has 2 atom stereocenters. The van der Waals surface area contributed by atoms with Crippen molar-refractivity contribution in [2.45, 2.75) is 13.0 Å². The third kappa shape index (κ3) is 2.79. The standard InChI is InChI=1S/C12H16N4O3S/c1-7(6-20(3)19)15-10-8-5-14-16(2)11(8)13-4-9(10)12(17)18/h4-5,7H,6H2,1-3H3,(H,13,15)(H,17,18). The number of rotatable bonds is 5. The summed E-state index contributed by atoms with van der Waals surface area (Å²) in [4.78, 5) is 15.4. The van der Waals surface area contributed by atoms with Crippen LogP contribution >= 0.6 is 0 Å². The minimum atomic E-state index is -1.06. The van der Waals surface area contributed by atoms with E-state index in [2.05, 4.69) is 15.4 Å². The molecule has 2 aromatic heterocycles. The number of aryl methyl sites for hydroxylation is 1. The molecule has 0 amide bonds. The van der Waals surface area contributed by atoms with Crippen molar-refractivity contribution in [2.24, 2.45) is 7.05 Å². The van der Waals surface area contributed by atoms with Gasteiger partial charge in [0.15, 0.2) is 5.65 Å². The molecule has 2 N–H and O–H groups in total. The molecule has 0 spiro atoms. The number of carbonyl (C=O) groups is 1. The number of carboxylic acid groups (broad SMARTS) is 1. The second kappa shape index (κ2) is 5.58. The van der Waals surface area contributed by atoms with Gasteiger partial charge in [-0.15, -0.1) is 0 Å². The van der Waals surface area contributed by atoms with Gasteiger partial charge in [0.2, 0.25) is 0 Å². The van der Waals surface area contributed by atoms with Crippen molar-refractivity contribution in [3.8, 4) is 0 Å². The van der Waals surface area contributed by atoms with Gasteiger partial charge >= 0.3 is 5.97 Å². The van der Waals surface area contributed by atoms with Gasteiger partial charge in [-0.3, -0.25) is 8.89 Å². The fraction of sp³-hybridized carbons (Fsp3) is 0.417. The van der Waals surface area contributed by atoms with E-state index in [4.69, 9.17) is 0 Å². The summed E-state index contributed by atoms with van der Waals surface area (Å²) in [6.07, 6.45) is 4.50. The third-order valence-corrected chi connectivity index (χ3v) is 3.84. The molecule has 2 aromatic rings. The van der Waals surface area contributed by atoms with Gasteiger partial charge < -0.3 is 10.4 Å². The van der Waals surface area contributed by atoms with Gasteiger partial charge in [-0.1, -0.05) is 0 Å². The van der Waals surface area contributed by atoms with Crippen molar-refractivity contribution in [3.05, 3.63) is 18.0 Å². The maximum absolute atomic E-state index is 11.3. The van der Waals surface area contributed by atoms with Crippen LogP contribution in [0.2, 0.25) is 0 Å². The normalized spacial score (nSPS) is 14.2. The zero-order chi connectivity index (χ0) is 14.9. The largest absolute Gasteiger partial charge is 0.478 e. The fourth-order valence-corrected chi connectivity index (χ4v) is 2.84. The Kier molecular flexibility index (Phi) is 4.03. The van der Waals surface area contributed by atoms with Crippen LogP contribution in [0.1, 0.15) is 17.3 Å². The van der Waals surface area contributed by atoms with Crippen LogP contribution in [0.25, 0.3) is 11.0 Å². The van der Waals surface area contributed by atoms with Crippen molar-refractivity contribution in [3.63, 3.8) is 0 Å². The second-order valence-electron chi connectivity index (χ2n) is 4.64. The molecule has 0 aliphatic carbocycles. The smallest absolute Gasteiger partial charge is 0.339 e. The summed E-state index contributed by atoms with van der Waals surface area (Å²) < 4.78 is 12.8. The lowest BCUT2D eigenvalue weighted by Gasteiger charge is -2.16. The Hall–Kier alpha value is -1.96. The molecule has 0 aliphatic rings. The monoisotopic (exact) mass is 296 g/mol. The molecule has 0 saturated carbocycles. The van der Waals surface area contributed by atoms with E-state index in [1.807, 2.05) is 6.92 Å². The maximum Gasteiger partial charge on any atom is 0.339 e. The van der Waals surface area contributed by atoms with Gasteiger partial charge in [0.25, 0.3) is 0 Å². The molecule has 2 heterocycles. The van der Waals surface area contributed by atoms with Crippen LogP contribution < -0.4 is 5.32 Å². The summed E-state index contributed by atoms with van der Waals surface area (Å²) in [5.41, 5.74) is 1.15. The summed E-state index contributed by atoms with van der Waals surface area (Å²) in [6, 6.07) is -0.121. The Morgan fingerprint density at radius 2 is 2.25 bits per heavy atom. The first-order valence-electron chi connectivity index (χ1n) is 6.00. The van der Waals surface area contributed by atoms with Crippen molar-refractivity contribution < 1.29 is 14.1 Å². The molecule has 0 radical (unpaired) electrons. The van der Waals surface area contributed by atoms with Crippen LogP contribution in [0.4, 0.5) is 5.69 Å². The number of nitrogens with one attached hydrogen (secondary N) is 1. The van der Waals surface area contributed by atoms with Gasteiger partial charge in [0.1, 0.15) is 5.56 Å². The first-order valence-corrected chi connectivity index (χ1v) is 7.73. The predicted molar refractivity (Wildman–Crippen MR) is 77.5 cm³/mol. The lowest BCUT2D eigenvalue weighted by molar-refractivity contribution is 0.0697. The van der Waals surface area contributed by atoms with E-state index in [0.717, 1.165) is 0 Å². The van der Waals surface area contributed by atoms with E-state index in [1.54, 1.807) is 24.2 Å². The van der Waals surface area contributed by atoms with Crippen LogP contribution in [0.3, 0.4) is 0 Å². The summed E-state index contributed by atoms with van der Waals surface area (Å²) in [5.74, 6) is -0.626. The van der Waals surface area contributed by atoms with Crippen LogP contribution in [0.5, 0.6) is 0 Å². The van der Waals surface area contributed by atoms with E-state index in [0.29, 0.717) is 22.5 Å². The number of hydrogen-bond donors (Lipinski definition) is 2. The van der Waals surface area contributed by atoms with E-state index in [-0.39, 0.29) is 11.6 Å². The number of hydrogen-bond acceptors (Lipinski definition) is 5. The Labute approximate surface area is 118 Å². The van der Waals surface area contributed by atoms with Gasteiger partial charge in [-0.05, 0) is 6.92 Å². The summed E-state index contributed by atoms with van der Waals surface area (Å²) >= 11 is 0. The topological polar surface area (TPSA) is 97.1 Å². The van der Waals surface area contributed by atoms with Crippen molar-refractivity contribution in [2.75, 3.05) is 17.3 Å². The molecule has 7 nitrogen and oxygen atoms in total. The highest BCUT2D eigenvalue weighted by molar-refractivity contribution is 7.84. The van der Waals surface area contributed by atoms with Crippen LogP contribution in [0, 0.1) is 0 Å². The zero-order valence-electron chi connectivity index (χ0n) is 11.5. The third-order valence-electron chi connectivity index (χ3n) is 2.87. The Bertz CT molecular complexity index is 683. The van der Waals surface area contributed by atoms with Crippen molar-refractivity contribution in [1.29, 1.82) is 0 Å². The lowest BCUT2D eigenvalue weighted by atomic mass is 10.1. The number of fused-ring (bicyclic) bond motifs is 1. The molecule has 20 heavy (non-hydrogen) atoms. The van der Waals surface area contributed by atoms with Crippen LogP contribution in [-0.2, 0) is 17.8 Å². The first-order chi connectivity index (χ1) is 9.40. The maximum atomic E-state index is 11.3. The summed E-state index contributed by atoms with van der Waals surface area (Å²) in [7, 11) is 0.779. The molecule has 0 fully saturated rings. The lowest BCUT2D eigenvalue weighted by Crippen LogP contribution is -2.23. The van der Waals surface area contributed by atoms with Crippen molar-refractivity contribution >= 4 is 33.5 Å². The Morgan fingerprint density at radius 1 is 1.55 bits per heavy atom. The molecule has 0 aromatic carbocycles. The predicted octanol–water partition coefficient (Wildman–Crippen LogP) is 0.845. The number of aromatic nitrogens is 3. The van der Waals surface area contributed by atoms with Crippen molar-refractivity contribution in [1.82, 2.24) is 14.8 Å². The van der Waals surface area contributed by atoms with Gasteiger partial charge in [-0.25, -0.2) is 9.78 Å². The minimum absolute atomic E-state index is 0.0826. The molecule has 2 rings (SSSR count). The van der Waals surface area contributed by atoms with E-state index in [9.17, 15) is 14.1 Å². The van der Waals surface area contributed by atoms with E-state index < -0.39 is 16.8 Å². The number of aromatic carboxylic acids is 1. The Balaban J connectivity index is 2.49. The SMILES string of the molecule is CC(CS(C)=O)Nc1c(C(=O)O)cnc2c1cnn2C. The number of pyridine rings is 1. The summed E-state index contributed by atoms with van der Waals surface area (Å²) in [5, 5.41) is 17.1. The highest BCUT2D eigenvalue weighted by Gasteiger charge is 2.18. The number of nitrogens with zero attached hydrogens (tertiary/aromatic N) is 3. The summed E-state index contributed by atoms with van der Waals surface area (Å²) in [6.45, 7) is 1.86. The molecule has 0 bridgehead atoms. The van der Waals surface area contributed by atoms with Crippen LogP contribution in [0.15, 0.2) is 12.4 Å². The second-order valence-corrected chi connectivity index (χ2v) is 6.12.